The zero-order chi connectivity index (χ0) is 20.0. The molecule has 0 aromatic heterocycles. The van der Waals surface area contributed by atoms with Crippen molar-refractivity contribution in [3.8, 4) is 0 Å². The maximum Gasteiger partial charge on any atom is 0.252 e. The van der Waals surface area contributed by atoms with Crippen LogP contribution in [0.4, 0.5) is 0 Å². The minimum absolute atomic E-state index is 0.194. The van der Waals surface area contributed by atoms with Gasteiger partial charge in [-0.15, -0.1) is 0 Å². The average molecular weight is 427 g/mol. The number of halogens is 1. The van der Waals surface area contributed by atoms with Gasteiger partial charge in [-0.3, -0.25) is 4.79 Å². The standard InChI is InChI=1S/C21H31ClN2O3S/c22-20-9-8-18(28(26,27)17-10-12-23-13-11-17)14-19(20)21(25)24-15-16-6-4-2-1-3-5-7-16/h8-9,14,16-17,23H,1-7,10-13,15H2,(H,24,25). The summed E-state index contributed by atoms with van der Waals surface area (Å²) in [5.41, 5.74) is 0.252. The molecule has 0 unspecified atom stereocenters. The Kier molecular flexibility index (Phi) is 7.77. The van der Waals surface area contributed by atoms with Gasteiger partial charge in [0, 0.05) is 6.54 Å². The van der Waals surface area contributed by atoms with E-state index in [0.717, 1.165) is 12.8 Å². The fourth-order valence-electron chi connectivity index (χ4n) is 4.23. The summed E-state index contributed by atoms with van der Waals surface area (Å²) in [6.45, 7) is 2.03. The lowest BCUT2D eigenvalue weighted by molar-refractivity contribution is 0.0944. The third kappa shape index (κ3) is 5.49. The molecule has 1 aromatic carbocycles. The molecule has 1 amide bonds. The zero-order valence-corrected chi connectivity index (χ0v) is 18.0. The minimum Gasteiger partial charge on any atom is -0.352 e. The van der Waals surface area contributed by atoms with Crippen molar-refractivity contribution in [1.82, 2.24) is 10.6 Å². The molecule has 1 aromatic rings. The average Bonchev–Trinajstić information content (AvgIpc) is 2.68. The highest BCUT2D eigenvalue weighted by atomic mass is 35.5. The van der Waals surface area contributed by atoms with Gasteiger partial charge in [0.1, 0.15) is 0 Å². The Hall–Kier alpha value is -1.11. The number of amides is 1. The predicted molar refractivity (Wildman–Crippen MR) is 113 cm³/mol. The van der Waals surface area contributed by atoms with Crippen LogP contribution in [0.15, 0.2) is 23.1 Å². The van der Waals surface area contributed by atoms with Gasteiger partial charge in [-0.1, -0.05) is 43.7 Å². The molecule has 1 aliphatic heterocycles. The van der Waals surface area contributed by atoms with Gasteiger partial charge in [0.15, 0.2) is 9.84 Å². The first-order valence-electron chi connectivity index (χ1n) is 10.5. The summed E-state index contributed by atoms with van der Waals surface area (Å²) < 4.78 is 25.9. The van der Waals surface area contributed by atoms with Crippen molar-refractivity contribution < 1.29 is 13.2 Å². The van der Waals surface area contributed by atoms with Crippen LogP contribution in [0, 0.1) is 5.92 Å². The Morgan fingerprint density at radius 3 is 2.36 bits per heavy atom. The van der Waals surface area contributed by atoms with Crippen LogP contribution in [-0.2, 0) is 9.84 Å². The Morgan fingerprint density at radius 1 is 1.04 bits per heavy atom. The molecule has 7 heteroatoms. The molecular weight excluding hydrogens is 396 g/mol. The highest BCUT2D eigenvalue weighted by Gasteiger charge is 2.30. The summed E-state index contributed by atoms with van der Waals surface area (Å²) in [6, 6.07) is 4.50. The van der Waals surface area contributed by atoms with Gasteiger partial charge in [-0.05, 0) is 62.9 Å². The Labute approximate surface area is 173 Å². The van der Waals surface area contributed by atoms with E-state index < -0.39 is 15.1 Å². The molecule has 0 radical (unpaired) electrons. The lowest BCUT2D eigenvalue weighted by Crippen LogP contribution is -2.36. The molecule has 0 spiro atoms. The van der Waals surface area contributed by atoms with Crippen LogP contribution in [0.5, 0.6) is 0 Å². The second kappa shape index (κ2) is 10.1. The van der Waals surface area contributed by atoms with Gasteiger partial charge in [0.05, 0.1) is 20.7 Å². The van der Waals surface area contributed by atoms with Gasteiger partial charge in [0.25, 0.3) is 5.91 Å². The van der Waals surface area contributed by atoms with E-state index in [4.69, 9.17) is 11.6 Å². The van der Waals surface area contributed by atoms with Gasteiger partial charge < -0.3 is 10.6 Å². The van der Waals surface area contributed by atoms with Crippen LogP contribution in [0.3, 0.4) is 0 Å². The first-order valence-corrected chi connectivity index (χ1v) is 12.4. The Balaban J connectivity index is 1.69. The molecule has 1 heterocycles. The Bertz CT molecular complexity index is 768. The predicted octanol–water partition coefficient (Wildman–Crippen LogP) is 3.96. The van der Waals surface area contributed by atoms with Gasteiger partial charge in [-0.25, -0.2) is 8.42 Å². The first-order chi connectivity index (χ1) is 13.5. The maximum atomic E-state index is 12.9. The molecule has 28 heavy (non-hydrogen) atoms. The molecule has 156 valence electrons. The van der Waals surface area contributed by atoms with Crippen molar-refractivity contribution in [1.29, 1.82) is 0 Å². The largest absolute Gasteiger partial charge is 0.352 e. The normalized spacial score (nSPS) is 20.3. The number of sulfone groups is 1. The molecule has 0 bridgehead atoms. The van der Waals surface area contributed by atoms with E-state index in [-0.39, 0.29) is 16.4 Å². The fraction of sp³-hybridized carbons (Fsp3) is 0.667. The van der Waals surface area contributed by atoms with Crippen molar-refractivity contribution in [3.05, 3.63) is 28.8 Å². The topological polar surface area (TPSA) is 75.3 Å². The molecule has 0 atom stereocenters. The molecular formula is C21H31ClN2O3S. The third-order valence-electron chi connectivity index (χ3n) is 6.01. The minimum atomic E-state index is -3.46. The lowest BCUT2D eigenvalue weighted by Gasteiger charge is -2.23. The van der Waals surface area contributed by atoms with Crippen molar-refractivity contribution in [2.75, 3.05) is 19.6 Å². The van der Waals surface area contributed by atoms with E-state index in [9.17, 15) is 13.2 Å². The van der Waals surface area contributed by atoms with E-state index in [1.165, 1.54) is 50.3 Å². The van der Waals surface area contributed by atoms with Gasteiger partial charge >= 0.3 is 0 Å². The molecule has 3 rings (SSSR count). The number of hydrogen-bond donors (Lipinski definition) is 2. The molecule has 1 saturated carbocycles. The van der Waals surface area contributed by atoms with E-state index >= 15 is 0 Å². The van der Waals surface area contributed by atoms with Crippen molar-refractivity contribution in [2.45, 2.75) is 67.9 Å². The number of rotatable bonds is 5. The molecule has 2 aliphatic rings. The van der Waals surface area contributed by atoms with Crippen LogP contribution in [-0.4, -0.2) is 39.2 Å². The smallest absolute Gasteiger partial charge is 0.252 e. The molecule has 1 aliphatic carbocycles. The van der Waals surface area contributed by atoms with Crippen LogP contribution >= 0.6 is 11.6 Å². The number of nitrogens with one attached hydrogen (secondary N) is 2. The number of hydrogen-bond acceptors (Lipinski definition) is 4. The lowest BCUT2D eigenvalue weighted by atomic mass is 9.91. The maximum absolute atomic E-state index is 12.9. The molecule has 1 saturated heterocycles. The summed E-state index contributed by atoms with van der Waals surface area (Å²) >= 11 is 6.23. The monoisotopic (exact) mass is 426 g/mol. The van der Waals surface area contributed by atoms with Crippen LogP contribution in [0.25, 0.3) is 0 Å². The van der Waals surface area contributed by atoms with Crippen LogP contribution in [0.2, 0.25) is 5.02 Å². The van der Waals surface area contributed by atoms with Crippen LogP contribution in [0.1, 0.15) is 68.1 Å². The van der Waals surface area contributed by atoms with Gasteiger partial charge in [0.2, 0.25) is 0 Å². The summed E-state index contributed by atoms with van der Waals surface area (Å²) in [5.74, 6) is 0.207. The number of carbonyl (C=O) groups is 1. The van der Waals surface area contributed by atoms with Crippen LogP contribution < -0.4 is 10.6 Å². The first kappa shape index (κ1) is 21.6. The summed E-state index contributed by atoms with van der Waals surface area (Å²) in [7, 11) is -3.46. The molecule has 5 nitrogen and oxygen atoms in total. The summed E-state index contributed by atoms with van der Waals surface area (Å²) in [5, 5.41) is 6.06. The SMILES string of the molecule is O=C(NCC1CCCCCCC1)c1cc(S(=O)(=O)C2CCNCC2)ccc1Cl. The summed E-state index contributed by atoms with van der Waals surface area (Å²) in [6.07, 6.45) is 9.74. The van der Waals surface area contributed by atoms with E-state index in [2.05, 4.69) is 10.6 Å². The Morgan fingerprint density at radius 2 is 1.68 bits per heavy atom. The second-order valence-corrected chi connectivity index (χ2v) is 10.7. The quantitative estimate of drug-likeness (QED) is 0.747. The van der Waals surface area contributed by atoms with Gasteiger partial charge in [-0.2, -0.15) is 0 Å². The number of piperidine rings is 1. The third-order valence-corrected chi connectivity index (χ3v) is 8.60. The van der Waals surface area contributed by atoms with E-state index in [0.29, 0.717) is 43.4 Å². The number of carbonyl (C=O) groups excluding carboxylic acids is 1. The van der Waals surface area contributed by atoms with Crippen molar-refractivity contribution in [3.63, 3.8) is 0 Å². The number of benzene rings is 1. The summed E-state index contributed by atoms with van der Waals surface area (Å²) in [4.78, 5) is 12.9. The fourth-order valence-corrected chi connectivity index (χ4v) is 6.22. The highest BCUT2D eigenvalue weighted by molar-refractivity contribution is 7.92. The zero-order valence-electron chi connectivity index (χ0n) is 16.4. The molecule has 2 N–H and O–H groups in total. The van der Waals surface area contributed by atoms with E-state index in [1.54, 1.807) is 0 Å². The highest BCUT2D eigenvalue weighted by Crippen LogP contribution is 2.27. The van der Waals surface area contributed by atoms with Crippen molar-refractivity contribution in [2.24, 2.45) is 5.92 Å². The van der Waals surface area contributed by atoms with E-state index in [1.807, 2.05) is 0 Å². The molecule has 2 fully saturated rings. The van der Waals surface area contributed by atoms with Crippen molar-refractivity contribution >= 4 is 27.3 Å². The second-order valence-electron chi connectivity index (χ2n) is 8.06.